The molecule has 0 saturated heterocycles. The molecule has 1 N–H and O–H groups in total. The zero-order valence-corrected chi connectivity index (χ0v) is 11.5. The van der Waals surface area contributed by atoms with Gasteiger partial charge >= 0.3 is 5.97 Å². The van der Waals surface area contributed by atoms with Crippen LogP contribution >= 0.6 is 0 Å². The van der Waals surface area contributed by atoms with E-state index in [0.29, 0.717) is 11.3 Å². The van der Waals surface area contributed by atoms with Gasteiger partial charge in [0.05, 0.1) is 5.56 Å². The molecule has 4 heteroatoms. The summed E-state index contributed by atoms with van der Waals surface area (Å²) in [5.74, 6) is -0.562. The molecule has 0 spiro atoms. The number of nitrogens with zero attached hydrogens (tertiary/aromatic N) is 1. The van der Waals surface area contributed by atoms with E-state index in [4.69, 9.17) is 9.63 Å². The number of rotatable bonds is 2. The first-order valence-corrected chi connectivity index (χ1v) is 6.11. The number of carboxylic acid groups (broad SMARTS) is 1. The van der Waals surface area contributed by atoms with Crippen LogP contribution in [0.15, 0.2) is 28.8 Å². The van der Waals surface area contributed by atoms with Crippen molar-refractivity contribution in [1.29, 1.82) is 0 Å². The van der Waals surface area contributed by atoms with E-state index in [1.165, 1.54) is 5.56 Å². The second-order valence-electron chi connectivity index (χ2n) is 5.59. The van der Waals surface area contributed by atoms with Crippen molar-refractivity contribution in [3.8, 4) is 11.1 Å². The molecule has 0 aliphatic heterocycles. The predicted molar refractivity (Wildman–Crippen MR) is 72.3 cm³/mol. The van der Waals surface area contributed by atoms with Gasteiger partial charge in [-0.25, -0.2) is 4.79 Å². The van der Waals surface area contributed by atoms with Crippen LogP contribution < -0.4 is 0 Å². The minimum atomic E-state index is -1.08. The first-order chi connectivity index (χ1) is 8.80. The van der Waals surface area contributed by atoms with Gasteiger partial charge in [0.15, 0.2) is 5.69 Å². The maximum absolute atomic E-state index is 11.1. The van der Waals surface area contributed by atoms with E-state index >= 15 is 0 Å². The Balaban J connectivity index is 2.49. The van der Waals surface area contributed by atoms with Crippen molar-refractivity contribution in [1.82, 2.24) is 5.16 Å². The molecule has 0 bridgehead atoms. The number of carbonyl (C=O) groups is 1. The molecule has 1 heterocycles. The van der Waals surface area contributed by atoms with E-state index < -0.39 is 5.97 Å². The predicted octanol–water partition coefficient (Wildman–Crippen LogP) is 3.65. The van der Waals surface area contributed by atoms with Crippen molar-refractivity contribution < 1.29 is 14.4 Å². The van der Waals surface area contributed by atoms with Gasteiger partial charge in [0, 0.05) is 0 Å². The van der Waals surface area contributed by atoms with Crippen LogP contribution in [0.5, 0.6) is 0 Å². The Morgan fingerprint density at radius 3 is 2.26 bits per heavy atom. The summed E-state index contributed by atoms with van der Waals surface area (Å²) in [6, 6.07) is 7.83. The van der Waals surface area contributed by atoms with Gasteiger partial charge in [0.25, 0.3) is 0 Å². The largest absolute Gasteiger partial charge is 0.476 e. The molecule has 1 aromatic heterocycles. The second-order valence-corrected chi connectivity index (χ2v) is 5.59. The lowest BCUT2D eigenvalue weighted by Crippen LogP contribution is -2.10. The average molecular weight is 259 g/mol. The highest BCUT2D eigenvalue weighted by atomic mass is 16.5. The number of aryl methyl sites for hydroxylation is 1. The van der Waals surface area contributed by atoms with E-state index in [0.717, 1.165) is 5.56 Å². The normalized spacial score (nSPS) is 11.6. The number of benzene rings is 1. The van der Waals surface area contributed by atoms with Gasteiger partial charge in [0.2, 0.25) is 0 Å². The number of carboxylic acids is 1. The first kappa shape index (κ1) is 13.3. The summed E-state index contributed by atoms with van der Waals surface area (Å²) in [6.07, 6.45) is 0. The highest BCUT2D eigenvalue weighted by molar-refractivity contribution is 5.94. The Bertz CT molecular complexity index is 603. The third-order valence-corrected chi connectivity index (χ3v) is 3.10. The highest BCUT2D eigenvalue weighted by Crippen LogP contribution is 2.30. The summed E-state index contributed by atoms with van der Waals surface area (Å²) in [5, 5.41) is 12.7. The molecule has 0 unspecified atom stereocenters. The van der Waals surface area contributed by atoms with Gasteiger partial charge in [-0.2, -0.15) is 0 Å². The van der Waals surface area contributed by atoms with E-state index in [2.05, 4.69) is 25.9 Å². The summed E-state index contributed by atoms with van der Waals surface area (Å²) in [5.41, 5.74) is 2.58. The first-order valence-electron chi connectivity index (χ1n) is 6.11. The lowest BCUT2D eigenvalue weighted by molar-refractivity contribution is 0.0686. The van der Waals surface area contributed by atoms with Crippen molar-refractivity contribution in [3.05, 3.63) is 41.3 Å². The van der Waals surface area contributed by atoms with Crippen molar-refractivity contribution in [2.75, 3.05) is 0 Å². The Hall–Kier alpha value is -2.10. The molecule has 2 rings (SSSR count). The monoisotopic (exact) mass is 259 g/mol. The Kier molecular flexibility index (Phi) is 3.18. The highest BCUT2D eigenvalue weighted by Gasteiger charge is 2.21. The molecule has 0 atom stereocenters. The van der Waals surface area contributed by atoms with Crippen LogP contribution in [-0.2, 0) is 5.41 Å². The molecule has 2 aromatic rings. The van der Waals surface area contributed by atoms with Gasteiger partial charge < -0.3 is 9.63 Å². The van der Waals surface area contributed by atoms with Crippen LogP contribution in [0.1, 0.15) is 42.6 Å². The molecule has 0 saturated carbocycles. The van der Waals surface area contributed by atoms with Gasteiger partial charge in [-0.15, -0.1) is 0 Å². The third kappa shape index (κ3) is 2.52. The van der Waals surface area contributed by atoms with Crippen LogP contribution in [-0.4, -0.2) is 16.2 Å². The van der Waals surface area contributed by atoms with E-state index in [1.54, 1.807) is 6.92 Å². The van der Waals surface area contributed by atoms with Gasteiger partial charge in [-0.3, -0.25) is 0 Å². The van der Waals surface area contributed by atoms with E-state index in [-0.39, 0.29) is 11.1 Å². The average Bonchev–Trinajstić information content (AvgIpc) is 2.70. The number of aromatic nitrogens is 1. The van der Waals surface area contributed by atoms with Crippen LogP contribution in [0, 0.1) is 6.92 Å². The Morgan fingerprint density at radius 1 is 1.21 bits per heavy atom. The number of hydrogen-bond donors (Lipinski definition) is 1. The Labute approximate surface area is 112 Å². The van der Waals surface area contributed by atoms with Crippen LogP contribution in [0.2, 0.25) is 0 Å². The fourth-order valence-corrected chi connectivity index (χ4v) is 1.99. The molecule has 0 aliphatic carbocycles. The van der Waals surface area contributed by atoms with E-state index in [9.17, 15) is 4.79 Å². The second kappa shape index (κ2) is 4.53. The van der Waals surface area contributed by atoms with Crippen LogP contribution in [0.25, 0.3) is 11.1 Å². The minimum absolute atomic E-state index is 0.0407. The number of aromatic carboxylic acids is 1. The van der Waals surface area contributed by atoms with Gasteiger partial charge in [-0.1, -0.05) is 50.2 Å². The summed E-state index contributed by atoms with van der Waals surface area (Å²) < 4.78 is 4.98. The maximum atomic E-state index is 11.1. The van der Waals surface area contributed by atoms with Crippen molar-refractivity contribution in [2.45, 2.75) is 33.1 Å². The molecule has 19 heavy (non-hydrogen) atoms. The number of hydrogen-bond acceptors (Lipinski definition) is 3. The fourth-order valence-electron chi connectivity index (χ4n) is 1.99. The molecule has 1 aromatic carbocycles. The third-order valence-electron chi connectivity index (χ3n) is 3.10. The molecule has 100 valence electrons. The standard InChI is InChI=1S/C15H17NO3/c1-9-12(13(14(17)18)16-19-9)10-5-7-11(8-6-10)15(2,3)4/h5-8H,1-4H3,(H,17,18). The quantitative estimate of drug-likeness (QED) is 0.894. The lowest BCUT2D eigenvalue weighted by Gasteiger charge is -2.19. The lowest BCUT2D eigenvalue weighted by atomic mass is 9.86. The molecule has 4 nitrogen and oxygen atoms in total. The topological polar surface area (TPSA) is 63.3 Å². The zero-order chi connectivity index (χ0) is 14.2. The van der Waals surface area contributed by atoms with Crippen molar-refractivity contribution in [3.63, 3.8) is 0 Å². The van der Waals surface area contributed by atoms with Crippen LogP contribution in [0.3, 0.4) is 0 Å². The molecule has 0 amide bonds. The summed E-state index contributed by atoms with van der Waals surface area (Å²) in [7, 11) is 0. The van der Waals surface area contributed by atoms with E-state index in [1.807, 2.05) is 24.3 Å². The summed E-state index contributed by atoms with van der Waals surface area (Å²) in [6.45, 7) is 8.12. The Morgan fingerprint density at radius 2 is 1.79 bits per heavy atom. The summed E-state index contributed by atoms with van der Waals surface area (Å²) >= 11 is 0. The fraction of sp³-hybridized carbons (Fsp3) is 0.333. The molecular formula is C15H17NO3. The molecular weight excluding hydrogens is 242 g/mol. The smallest absolute Gasteiger partial charge is 0.358 e. The summed E-state index contributed by atoms with van der Waals surface area (Å²) in [4.78, 5) is 11.1. The maximum Gasteiger partial charge on any atom is 0.358 e. The molecule has 0 aliphatic rings. The zero-order valence-electron chi connectivity index (χ0n) is 11.5. The SMILES string of the molecule is Cc1onc(C(=O)O)c1-c1ccc(C(C)(C)C)cc1. The van der Waals surface area contributed by atoms with Gasteiger partial charge in [-0.05, 0) is 23.5 Å². The van der Waals surface area contributed by atoms with Crippen molar-refractivity contribution >= 4 is 5.97 Å². The minimum Gasteiger partial charge on any atom is -0.476 e. The van der Waals surface area contributed by atoms with Crippen LogP contribution in [0.4, 0.5) is 0 Å². The van der Waals surface area contributed by atoms with Crippen molar-refractivity contribution in [2.24, 2.45) is 0 Å². The molecule has 0 radical (unpaired) electrons. The molecule has 0 fully saturated rings. The van der Waals surface area contributed by atoms with Gasteiger partial charge in [0.1, 0.15) is 5.76 Å².